The lowest BCUT2D eigenvalue weighted by atomic mass is 10.0. The van der Waals surface area contributed by atoms with Crippen molar-refractivity contribution in [1.82, 2.24) is 4.98 Å². The fourth-order valence-corrected chi connectivity index (χ4v) is 2.03. The number of ketones is 1. The standard InChI is InChI=1S/C15H10N2O2/c18-15(11-6-2-1-3-7-11)14-12-8-4-5-9-13(12)16-10-17(14)19/h1-10H. The van der Waals surface area contributed by atoms with Crippen LogP contribution in [0, 0.1) is 5.21 Å². The van der Waals surface area contributed by atoms with Crippen LogP contribution in [0.15, 0.2) is 60.9 Å². The lowest BCUT2D eigenvalue weighted by molar-refractivity contribution is -0.609. The molecule has 1 aromatic heterocycles. The van der Waals surface area contributed by atoms with Gasteiger partial charge in [0.05, 0.1) is 5.39 Å². The first-order valence-corrected chi connectivity index (χ1v) is 5.84. The van der Waals surface area contributed by atoms with Crippen LogP contribution >= 0.6 is 0 Å². The normalized spacial score (nSPS) is 10.5. The number of aromatic nitrogens is 2. The summed E-state index contributed by atoms with van der Waals surface area (Å²) in [4.78, 5) is 16.4. The predicted octanol–water partition coefficient (Wildman–Crippen LogP) is 2.10. The van der Waals surface area contributed by atoms with Gasteiger partial charge >= 0.3 is 0 Å². The fraction of sp³-hybridized carbons (Fsp3) is 0. The van der Waals surface area contributed by atoms with Crippen LogP contribution in [0.3, 0.4) is 0 Å². The highest BCUT2D eigenvalue weighted by Gasteiger charge is 2.19. The van der Waals surface area contributed by atoms with E-state index in [1.165, 1.54) is 0 Å². The van der Waals surface area contributed by atoms with Crippen molar-refractivity contribution in [2.75, 3.05) is 0 Å². The van der Waals surface area contributed by atoms with Gasteiger partial charge < -0.3 is 5.21 Å². The monoisotopic (exact) mass is 250 g/mol. The average molecular weight is 250 g/mol. The first-order valence-electron chi connectivity index (χ1n) is 5.84. The summed E-state index contributed by atoms with van der Waals surface area (Å²) in [6.45, 7) is 0. The molecule has 4 nitrogen and oxygen atoms in total. The minimum Gasteiger partial charge on any atom is -0.710 e. The van der Waals surface area contributed by atoms with Gasteiger partial charge in [0.1, 0.15) is 0 Å². The van der Waals surface area contributed by atoms with Crippen molar-refractivity contribution in [2.24, 2.45) is 0 Å². The first kappa shape index (κ1) is 11.3. The summed E-state index contributed by atoms with van der Waals surface area (Å²) < 4.78 is 0.525. The van der Waals surface area contributed by atoms with E-state index in [9.17, 15) is 10.0 Å². The van der Waals surface area contributed by atoms with Crippen LogP contribution in [0.1, 0.15) is 16.1 Å². The zero-order valence-electron chi connectivity index (χ0n) is 9.98. The van der Waals surface area contributed by atoms with Gasteiger partial charge in [-0.05, 0) is 17.1 Å². The number of hydrogen-bond acceptors (Lipinski definition) is 3. The number of nitrogens with zero attached hydrogens (tertiary/aromatic N) is 2. The lowest BCUT2D eigenvalue weighted by Gasteiger charge is -2.09. The molecule has 0 bridgehead atoms. The molecule has 0 saturated heterocycles. The van der Waals surface area contributed by atoms with E-state index in [-0.39, 0.29) is 11.5 Å². The SMILES string of the molecule is O=C(c1ccccc1)c1c2ccccc2nc[n+]1[O-]. The van der Waals surface area contributed by atoms with Gasteiger partial charge in [-0.1, -0.05) is 42.5 Å². The second-order valence-electron chi connectivity index (χ2n) is 4.13. The van der Waals surface area contributed by atoms with Gasteiger partial charge in [-0.3, -0.25) is 4.79 Å². The van der Waals surface area contributed by atoms with Crippen molar-refractivity contribution in [1.29, 1.82) is 0 Å². The Kier molecular flexibility index (Phi) is 2.68. The van der Waals surface area contributed by atoms with Crippen LogP contribution in [0.5, 0.6) is 0 Å². The van der Waals surface area contributed by atoms with Gasteiger partial charge in [-0.2, -0.15) is 0 Å². The number of rotatable bonds is 2. The maximum Gasteiger partial charge on any atom is 0.290 e. The summed E-state index contributed by atoms with van der Waals surface area (Å²) in [6.07, 6.45) is 1.12. The Balaban J connectivity index is 2.25. The first-order chi connectivity index (χ1) is 9.27. The van der Waals surface area contributed by atoms with E-state index in [0.717, 1.165) is 6.33 Å². The van der Waals surface area contributed by atoms with Gasteiger partial charge in [0.2, 0.25) is 5.78 Å². The van der Waals surface area contributed by atoms with Gasteiger partial charge in [0.25, 0.3) is 6.33 Å². The third-order valence-corrected chi connectivity index (χ3v) is 2.93. The third-order valence-electron chi connectivity index (χ3n) is 2.93. The van der Waals surface area contributed by atoms with Crippen LogP contribution in [-0.4, -0.2) is 10.8 Å². The molecule has 19 heavy (non-hydrogen) atoms. The third kappa shape index (κ3) is 1.93. The molecule has 3 rings (SSSR count). The molecule has 0 saturated carbocycles. The molecule has 92 valence electrons. The van der Waals surface area contributed by atoms with Crippen LogP contribution in [0.25, 0.3) is 10.9 Å². The zero-order chi connectivity index (χ0) is 13.2. The molecule has 0 aliphatic carbocycles. The van der Waals surface area contributed by atoms with Crippen LogP contribution < -0.4 is 4.73 Å². The van der Waals surface area contributed by atoms with E-state index in [2.05, 4.69) is 4.98 Å². The Hall–Kier alpha value is -2.75. The van der Waals surface area contributed by atoms with Crippen molar-refractivity contribution in [3.63, 3.8) is 0 Å². The average Bonchev–Trinajstić information content (AvgIpc) is 2.47. The molecule has 0 amide bonds. The minimum absolute atomic E-state index is 0.108. The van der Waals surface area contributed by atoms with Crippen LogP contribution in [0.2, 0.25) is 0 Å². The largest absolute Gasteiger partial charge is 0.710 e. The summed E-state index contributed by atoms with van der Waals surface area (Å²) in [7, 11) is 0. The molecular weight excluding hydrogens is 240 g/mol. The smallest absolute Gasteiger partial charge is 0.290 e. The molecule has 0 unspecified atom stereocenters. The summed E-state index contributed by atoms with van der Waals surface area (Å²) in [5.41, 5.74) is 1.23. The second-order valence-corrected chi connectivity index (χ2v) is 4.13. The van der Waals surface area contributed by atoms with Crippen molar-refractivity contribution >= 4 is 16.7 Å². The molecule has 0 spiro atoms. The molecule has 0 radical (unpaired) electrons. The van der Waals surface area contributed by atoms with Gasteiger partial charge in [0, 0.05) is 5.56 Å². The molecule has 0 aliphatic rings. The van der Waals surface area contributed by atoms with Crippen molar-refractivity contribution in [2.45, 2.75) is 0 Å². The predicted molar refractivity (Wildman–Crippen MR) is 70.6 cm³/mol. The number of hydrogen-bond donors (Lipinski definition) is 0. The highest BCUT2D eigenvalue weighted by atomic mass is 16.5. The van der Waals surface area contributed by atoms with Crippen molar-refractivity contribution in [3.8, 4) is 0 Å². The van der Waals surface area contributed by atoms with E-state index in [4.69, 9.17) is 0 Å². The number of benzene rings is 2. The summed E-state index contributed by atoms with van der Waals surface area (Å²) in [5, 5.41) is 12.4. The van der Waals surface area contributed by atoms with E-state index in [0.29, 0.717) is 21.2 Å². The van der Waals surface area contributed by atoms with Crippen LogP contribution in [0.4, 0.5) is 0 Å². The van der Waals surface area contributed by atoms with Gasteiger partial charge in [-0.25, -0.2) is 4.73 Å². The van der Waals surface area contributed by atoms with Crippen molar-refractivity contribution in [3.05, 3.63) is 77.4 Å². The lowest BCUT2D eigenvalue weighted by Crippen LogP contribution is -2.35. The molecule has 2 aromatic carbocycles. The Morgan fingerprint density at radius 2 is 1.68 bits per heavy atom. The molecule has 3 aromatic rings. The molecule has 4 heteroatoms. The summed E-state index contributed by atoms with van der Waals surface area (Å²) >= 11 is 0. The Labute approximate surface area is 109 Å². The second kappa shape index (κ2) is 4.49. The van der Waals surface area contributed by atoms with E-state index < -0.39 is 0 Å². The van der Waals surface area contributed by atoms with E-state index in [1.54, 1.807) is 42.5 Å². The maximum absolute atomic E-state index is 12.4. The van der Waals surface area contributed by atoms with E-state index in [1.807, 2.05) is 12.1 Å². The minimum atomic E-state index is -0.297. The maximum atomic E-state index is 12.4. The number of carbonyl (C=O) groups is 1. The Morgan fingerprint density at radius 3 is 2.47 bits per heavy atom. The molecule has 0 aliphatic heterocycles. The number of carbonyl (C=O) groups excluding carboxylic acids is 1. The van der Waals surface area contributed by atoms with Crippen molar-refractivity contribution < 1.29 is 9.52 Å². The zero-order valence-corrected chi connectivity index (χ0v) is 9.98. The Morgan fingerprint density at radius 1 is 1.00 bits per heavy atom. The number of para-hydroxylation sites is 1. The molecule has 1 heterocycles. The highest BCUT2D eigenvalue weighted by molar-refractivity contribution is 6.13. The van der Waals surface area contributed by atoms with Gasteiger partial charge in [0.15, 0.2) is 11.2 Å². The summed E-state index contributed by atoms with van der Waals surface area (Å²) in [5.74, 6) is -0.297. The molecule has 0 N–H and O–H groups in total. The number of fused-ring (bicyclic) bond motifs is 1. The van der Waals surface area contributed by atoms with Gasteiger partial charge in [-0.15, -0.1) is 0 Å². The van der Waals surface area contributed by atoms with Crippen LogP contribution in [-0.2, 0) is 0 Å². The highest BCUT2D eigenvalue weighted by Crippen LogP contribution is 2.16. The molecule has 0 atom stereocenters. The molecule has 0 fully saturated rings. The topological polar surface area (TPSA) is 56.9 Å². The molecular formula is C15H10N2O2. The Bertz CT molecular complexity index is 754. The van der Waals surface area contributed by atoms with E-state index >= 15 is 0 Å². The fourth-order valence-electron chi connectivity index (χ4n) is 2.03. The summed E-state index contributed by atoms with van der Waals surface area (Å²) in [6, 6.07) is 15.9. The quantitative estimate of drug-likeness (QED) is 0.397.